The van der Waals surface area contributed by atoms with Gasteiger partial charge < -0.3 is 4.90 Å². The van der Waals surface area contributed by atoms with E-state index in [0.717, 1.165) is 31.7 Å². The third-order valence-electron chi connectivity index (χ3n) is 8.27. The minimum absolute atomic E-state index is 0.808. The molecule has 0 aromatic heterocycles. The third-order valence-corrected chi connectivity index (χ3v) is 8.27. The largest absolute Gasteiger partial charge is 0.300 e. The maximum Gasteiger partial charge on any atom is 0.0163 e. The highest BCUT2D eigenvalue weighted by Crippen LogP contribution is 2.21. The van der Waals surface area contributed by atoms with Crippen LogP contribution in [0, 0.1) is 0 Å². The summed E-state index contributed by atoms with van der Waals surface area (Å²) in [5.74, 6) is 0. The van der Waals surface area contributed by atoms with Crippen LogP contribution in [-0.2, 0) is 0 Å². The minimum atomic E-state index is 0.808. The van der Waals surface area contributed by atoms with Crippen LogP contribution in [0.5, 0.6) is 0 Å². The number of unbranched alkanes of at least 4 members (excludes halogenated alkanes) is 1. The SMILES string of the molecule is C=CCC1CCCN1CC.C=CCN1CCCC1.C=CCN1CCCC1.C=CCN1CCCC1CCCC. The Morgan fingerprint density at radius 2 is 1.08 bits per heavy atom. The van der Waals surface area contributed by atoms with Gasteiger partial charge in [-0.25, -0.2) is 0 Å². The van der Waals surface area contributed by atoms with Gasteiger partial charge in [-0.1, -0.05) is 51.0 Å². The van der Waals surface area contributed by atoms with Gasteiger partial charge in [-0.15, -0.1) is 26.3 Å². The molecule has 0 amide bonds. The molecule has 2 atom stereocenters. The Hall–Kier alpha value is -1.20. The van der Waals surface area contributed by atoms with Gasteiger partial charge in [0.05, 0.1) is 0 Å². The molecule has 4 heteroatoms. The highest BCUT2D eigenvalue weighted by atomic mass is 15.2. The lowest BCUT2D eigenvalue weighted by molar-refractivity contribution is 0.264. The number of likely N-dealkylation sites (tertiary alicyclic amines) is 4. The average Bonchev–Trinajstić information content (AvgIpc) is 3.74. The molecule has 0 saturated carbocycles. The van der Waals surface area contributed by atoms with E-state index in [-0.39, 0.29) is 0 Å². The van der Waals surface area contributed by atoms with E-state index in [0.29, 0.717) is 0 Å². The Labute approximate surface area is 238 Å². The van der Waals surface area contributed by atoms with Crippen molar-refractivity contribution >= 4 is 0 Å². The summed E-state index contributed by atoms with van der Waals surface area (Å²) >= 11 is 0. The van der Waals surface area contributed by atoms with Crippen molar-refractivity contribution in [2.45, 2.75) is 103 Å². The second kappa shape index (κ2) is 23.7. The topological polar surface area (TPSA) is 13.0 Å². The van der Waals surface area contributed by atoms with Crippen LogP contribution in [0.2, 0.25) is 0 Å². The van der Waals surface area contributed by atoms with Crippen LogP contribution in [0.3, 0.4) is 0 Å². The monoisotopic (exact) mass is 529 g/mol. The Morgan fingerprint density at radius 1 is 0.579 bits per heavy atom. The molecule has 0 N–H and O–H groups in total. The van der Waals surface area contributed by atoms with E-state index in [4.69, 9.17) is 0 Å². The van der Waals surface area contributed by atoms with E-state index in [1.54, 1.807) is 0 Å². The van der Waals surface area contributed by atoms with Gasteiger partial charge in [0.15, 0.2) is 0 Å². The summed E-state index contributed by atoms with van der Waals surface area (Å²) in [6.07, 6.45) is 24.4. The summed E-state index contributed by atoms with van der Waals surface area (Å²) < 4.78 is 0. The molecule has 0 aliphatic carbocycles. The van der Waals surface area contributed by atoms with Crippen LogP contribution in [0.15, 0.2) is 50.6 Å². The Bertz CT molecular complexity index is 569. The van der Waals surface area contributed by atoms with Crippen LogP contribution in [-0.4, -0.2) is 97.1 Å². The molecule has 0 aromatic rings. The van der Waals surface area contributed by atoms with Crippen molar-refractivity contribution in [2.75, 3.05) is 65.4 Å². The predicted octanol–water partition coefficient (Wildman–Crippen LogP) is 7.41. The molecular weight excluding hydrogens is 464 g/mol. The van der Waals surface area contributed by atoms with Crippen LogP contribution < -0.4 is 0 Å². The zero-order valence-electron chi connectivity index (χ0n) is 25.6. The molecule has 4 saturated heterocycles. The van der Waals surface area contributed by atoms with Crippen LogP contribution in [0.1, 0.15) is 90.9 Å². The summed E-state index contributed by atoms with van der Waals surface area (Å²) in [5.41, 5.74) is 0. The Morgan fingerprint density at radius 3 is 1.53 bits per heavy atom. The van der Waals surface area contributed by atoms with Gasteiger partial charge in [0.2, 0.25) is 0 Å². The number of hydrogen-bond acceptors (Lipinski definition) is 4. The standard InChI is InChI=1S/C11H21N.C9H17N.2C7H13N/c1-3-5-7-11-8-6-10-12(11)9-4-2;1-3-6-9-7-5-8-10(9)4-2;2*1-2-5-8-6-3-4-7-8/h4,11H,2-3,5-10H2,1H3;3,9H,1,4-8H2,2H3;2*2H,1,3-7H2. The smallest absolute Gasteiger partial charge is 0.0163 e. The summed E-state index contributed by atoms with van der Waals surface area (Å²) in [6.45, 7) is 31.6. The van der Waals surface area contributed by atoms with Crippen molar-refractivity contribution in [2.24, 2.45) is 0 Å². The lowest BCUT2D eigenvalue weighted by Crippen LogP contribution is -2.29. The maximum absolute atomic E-state index is 3.80. The minimum Gasteiger partial charge on any atom is -0.300 e. The highest BCUT2D eigenvalue weighted by Gasteiger charge is 2.22. The first-order chi connectivity index (χ1) is 18.6. The van der Waals surface area contributed by atoms with Crippen LogP contribution in [0.4, 0.5) is 0 Å². The number of hydrogen-bond donors (Lipinski definition) is 0. The molecule has 38 heavy (non-hydrogen) atoms. The van der Waals surface area contributed by atoms with E-state index in [2.05, 4.69) is 59.8 Å². The van der Waals surface area contributed by atoms with Gasteiger partial charge in [0.25, 0.3) is 0 Å². The summed E-state index contributed by atoms with van der Waals surface area (Å²) in [6, 6.07) is 1.67. The molecule has 0 radical (unpaired) electrons. The fraction of sp³-hybridized carbons (Fsp3) is 0.765. The van der Waals surface area contributed by atoms with Gasteiger partial charge >= 0.3 is 0 Å². The highest BCUT2D eigenvalue weighted by molar-refractivity contribution is 4.85. The summed E-state index contributed by atoms with van der Waals surface area (Å²) in [5, 5.41) is 0. The first-order valence-corrected chi connectivity index (χ1v) is 16.0. The summed E-state index contributed by atoms with van der Waals surface area (Å²) in [4.78, 5) is 9.96. The van der Waals surface area contributed by atoms with Crippen molar-refractivity contribution in [1.29, 1.82) is 0 Å². The molecule has 4 rings (SSSR count). The van der Waals surface area contributed by atoms with Gasteiger partial charge in [-0.3, -0.25) is 14.7 Å². The number of nitrogens with zero attached hydrogens (tertiary/aromatic N) is 4. The molecule has 0 aromatic carbocycles. The fourth-order valence-corrected chi connectivity index (χ4v) is 6.13. The predicted molar refractivity (Wildman–Crippen MR) is 171 cm³/mol. The lowest BCUT2D eigenvalue weighted by atomic mass is 10.1. The van der Waals surface area contributed by atoms with E-state index in [1.165, 1.54) is 123 Å². The maximum atomic E-state index is 3.80. The quantitative estimate of drug-likeness (QED) is 0.244. The first-order valence-electron chi connectivity index (χ1n) is 16.0. The lowest BCUT2D eigenvalue weighted by Gasteiger charge is -2.22. The average molecular weight is 529 g/mol. The molecule has 4 aliphatic heterocycles. The molecule has 0 spiro atoms. The first kappa shape index (κ1) is 34.8. The Balaban J connectivity index is 0.000000257. The van der Waals surface area contributed by atoms with E-state index >= 15 is 0 Å². The van der Waals surface area contributed by atoms with Gasteiger partial charge in [0, 0.05) is 31.7 Å². The Kier molecular flexibility index (Phi) is 21.7. The van der Waals surface area contributed by atoms with Gasteiger partial charge in [-0.2, -0.15) is 0 Å². The van der Waals surface area contributed by atoms with E-state index < -0.39 is 0 Å². The van der Waals surface area contributed by atoms with E-state index in [1.807, 2.05) is 24.3 Å². The van der Waals surface area contributed by atoms with Crippen LogP contribution in [0.25, 0.3) is 0 Å². The molecule has 4 aliphatic rings. The normalized spacial score (nSPS) is 23.9. The van der Waals surface area contributed by atoms with E-state index in [9.17, 15) is 0 Å². The van der Waals surface area contributed by atoms with Gasteiger partial charge in [0.1, 0.15) is 0 Å². The fourth-order valence-electron chi connectivity index (χ4n) is 6.13. The molecule has 4 heterocycles. The molecule has 0 bridgehead atoms. The molecular formula is C34H64N4. The molecule has 4 fully saturated rings. The molecule has 220 valence electrons. The van der Waals surface area contributed by atoms with Gasteiger partial charge in [-0.05, 0) is 110 Å². The zero-order valence-corrected chi connectivity index (χ0v) is 25.6. The second-order valence-electron chi connectivity index (χ2n) is 11.3. The molecule has 2 unspecified atom stereocenters. The zero-order chi connectivity index (χ0) is 27.8. The van der Waals surface area contributed by atoms with Crippen molar-refractivity contribution in [3.8, 4) is 0 Å². The van der Waals surface area contributed by atoms with Crippen molar-refractivity contribution in [3.05, 3.63) is 50.6 Å². The van der Waals surface area contributed by atoms with Crippen molar-refractivity contribution < 1.29 is 0 Å². The molecule has 4 nitrogen and oxygen atoms in total. The van der Waals surface area contributed by atoms with Crippen LogP contribution >= 0.6 is 0 Å². The van der Waals surface area contributed by atoms with Crippen molar-refractivity contribution in [1.82, 2.24) is 19.6 Å². The third kappa shape index (κ3) is 15.4. The summed E-state index contributed by atoms with van der Waals surface area (Å²) in [7, 11) is 0. The van der Waals surface area contributed by atoms with Crippen molar-refractivity contribution in [3.63, 3.8) is 0 Å². The second-order valence-corrected chi connectivity index (χ2v) is 11.3. The number of rotatable bonds is 12.